The van der Waals surface area contributed by atoms with Crippen LogP contribution in [-0.4, -0.2) is 12.6 Å². The average molecular weight is 166 g/mol. The number of ether oxygens (including phenoxy) is 1. The summed E-state index contributed by atoms with van der Waals surface area (Å²) in [7, 11) is 0. The Morgan fingerprint density at radius 3 is 2.83 bits per heavy atom. The van der Waals surface area contributed by atoms with Crippen LogP contribution in [0.1, 0.15) is 32.6 Å². The topological polar surface area (TPSA) is 26.3 Å². The van der Waals surface area contributed by atoms with Gasteiger partial charge < -0.3 is 4.74 Å². The molecule has 0 N–H and O–H groups in total. The molecule has 1 aliphatic heterocycles. The zero-order valence-electron chi connectivity index (χ0n) is 7.43. The van der Waals surface area contributed by atoms with Crippen molar-refractivity contribution in [3.05, 3.63) is 11.6 Å². The molecule has 2 heteroatoms. The van der Waals surface area contributed by atoms with Gasteiger partial charge in [0, 0.05) is 0 Å². The second-order valence-electron chi connectivity index (χ2n) is 3.92. The number of allylic oxidation sites excluding steroid dienone is 2. The van der Waals surface area contributed by atoms with Gasteiger partial charge in [-0.05, 0) is 32.6 Å². The average Bonchev–Trinajstić information content (AvgIpc) is 2.41. The van der Waals surface area contributed by atoms with Crippen molar-refractivity contribution in [3.8, 4) is 0 Å². The summed E-state index contributed by atoms with van der Waals surface area (Å²) in [6, 6.07) is 0. The first-order valence-electron chi connectivity index (χ1n) is 4.56. The number of hydrogen-bond acceptors (Lipinski definition) is 2. The number of cyclic esters (lactones) is 1. The lowest BCUT2D eigenvalue weighted by molar-refractivity contribution is -0.146. The molecule has 2 nitrogen and oxygen atoms in total. The van der Waals surface area contributed by atoms with Crippen molar-refractivity contribution in [1.82, 2.24) is 0 Å². The Labute approximate surface area is 72.6 Å². The molecule has 1 spiro atoms. The van der Waals surface area contributed by atoms with Crippen molar-refractivity contribution >= 4 is 5.97 Å². The van der Waals surface area contributed by atoms with Crippen LogP contribution >= 0.6 is 0 Å². The van der Waals surface area contributed by atoms with Crippen molar-refractivity contribution in [1.29, 1.82) is 0 Å². The minimum absolute atomic E-state index is 0.0336. The fraction of sp³-hybridized carbons (Fsp3) is 0.700. The second-order valence-corrected chi connectivity index (χ2v) is 3.92. The predicted molar refractivity (Wildman–Crippen MR) is 45.6 cm³/mol. The first-order valence-corrected chi connectivity index (χ1v) is 4.56. The Balaban J connectivity index is 2.18. The van der Waals surface area contributed by atoms with E-state index in [0.717, 1.165) is 25.7 Å². The summed E-state index contributed by atoms with van der Waals surface area (Å²) in [6.07, 6.45) is 6.08. The van der Waals surface area contributed by atoms with E-state index in [9.17, 15) is 4.79 Å². The van der Waals surface area contributed by atoms with Crippen LogP contribution in [0.3, 0.4) is 0 Å². The summed E-state index contributed by atoms with van der Waals surface area (Å²) in [5.41, 5.74) is 1.29. The van der Waals surface area contributed by atoms with E-state index in [1.165, 1.54) is 5.57 Å². The molecule has 1 unspecified atom stereocenters. The number of carbonyl (C=O) groups is 1. The van der Waals surface area contributed by atoms with Crippen molar-refractivity contribution < 1.29 is 9.53 Å². The summed E-state index contributed by atoms with van der Waals surface area (Å²) >= 11 is 0. The highest BCUT2D eigenvalue weighted by Gasteiger charge is 2.44. The Morgan fingerprint density at radius 2 is 2.33 bits per heavy atom. The highest BCUT2D eigenvalue weighted by Crippen LogP contribution is 2.42. The van der Waals surface area contributed by atoms with Crippen LogP contribution in [0.15, 0.2) is 11.6 Å². The third kappa shape index (κ3) is 1.06. The fourth-order valence-corrected chi connectivity index (χ4v) is 2.02. The van der Waals surface area contributed by atoms with Crippen LogP contribution in [0.25, 0.3) is 0 Å². The van der Waals surface area contributed by atoms with Crippen LogP contribution in [-0.2, 0) is 9.53 Å². The van der Waals surface area contributed by atoms with Gasteiger partial charge in [-0.25, -0.2) is 0 Å². The maximum atomic E-state index is 11.4. The fourth-order valence-electron chi connectivity index (χ4n) is 2.02. The molecule has 0 aromatic carbocycles. The molecule has 2 rings (SSSR count). The summed E-state index contributed by atoms with van der Waals surface area (Å²) in [4.78, 5) is 11.4. The molecule has 0 bridgehead atoms. The normalized spacial score (nSPS) is 35.1. The van der Waals surface area contributed by atoms with Gasteiger partial charge in [0.2, 0.25) is 0 Å². The largest absolute Gasteiger partial charge is 0.465 e. The Kier molecular flexibility index (Phi) is 1.71. The molecule has 0 saturated carbocycles. The zero-order valence-corrected chi connectivity index (χ0v) is 7.43. The summed E-state index contributed by atoms with van der Waals surface area (Å²) in [5.74, 6) is 0.0336. The van der Waals surface area contributed by atoms with Crippen molar-refractivity contribution in [3.63, 3.8) is 0 Å². The molecule has 1 saturated heterocycles. The van der Waals surface area contributed by atoms with Gasteiger partial charge >= 0.3 is 5.97 Å². The Hall–Kier alpha value is -0.790. The van der Waals surface area contributed by atoms with Crippen molar-refractivity contribution in [2.24, 2.45) is 5.41 Å². The van der Waals surface area contributed by atoms with E-state index in [1.807, 2.05) is 0 Å². The van der Waals surface area contributed by atoms with Gasteiger partial charge in [0.15, 0.2) is 0 Å². The lowest BCUT2D eigenvalue weighted by Crippen LogP contribution is -2.27. The van der Waals surface area contributed by atoms with Gasteiger partial charge in [-0.1, -0.05) is 11.6 Å². The van der Waals surface area contributed by atoms with Crippen LogP contribution in [0.5, 0.6) is 0 Å². The van der Waals surface area contributed by atoms with E-state index in [4.69, 9.17) is 4.74 Å². The molecule has 1 heterocycles. The van der Waals surface area contributed by atoms with Gasteiger partial charge in [0.1, 0.15) is 0 Å². The van der Waals surface area contributed by atoms with Gasteiger partial charge in [-0.3, -0.25) is 4.79 Å². The van der Waals surface area contributed by atoms with Gasteiger partial charge in [-0.2, -0.15) is 0 Å². The second kappa shape index (κ2) is 2.61. The maximum Gasteiger partial charge on any atom is 0.312 e. The van der Waals surface area contributed by atoms with E-state index < -0.39 is 0 Å². The van der Waals surface area contributed by atoms with Crippen LogP contribution in [0.4, 0.5) is 0 Å². The first kappa shape index (κ1) is 7.84. The van der Waals surface area contributed by atoms with E-state index in [0.29, 0.717) is 6.61 Å². The Bertz CT molecular complexity index is 242. The number of carbonyl (C=O) groups excluding carboxylic acids is 1. The quantitative estimate of drug-likeness (QED) is 0.406. The molecule has 1 aliphatic carbocycles. The molecule has 0 aromatic heterocycles. The molecule has 1 atom stereocenters. The lowest BCUT2D eigenvalue weighted by atomic mass is 9.74. The smallest absolute Gasteiger partial charge is 0.312 e. The van der Waals surface area contributed by atoms with E-state index in [2.05, 4.69) is 13.0 Å². The van der Waals surface area contributed by atoms with E-state index >= 15 is 0 Å². The lowest BCUT2D eigenvalue weighted by Gasteiger charge is -2.27. The van der Waals surface area contributed by atoms with Crippen molar-refractivity contribution in [2.75, 3.05) is 6.61 Å². The standard InChI is InChI=1S/C10H14O2/c1-8-2-4-10(5-3-8)6-7-12-9(10)11/h2H,3-7H2,1H3. The third-order valence-corrected chi connectivity index (χ3v) is 3.09. The van der Waals surface area contributed by atoms with E-state index in [1.54, 1.807) is 0 Å². The van der Waals surface area contributed by atoms with Gasteiger partial charge in [-0.15, -0.1) is 0 Å². The molecule has 2 aliphatic rings. The van der Waals surface area contributed by atoms with Crippen LogP contribution in [0, 0.1) is 5.41 Å². The third-order valence-electron chi connectivity index (χ3n) is 3.09. The zero-order chi connectivity index (χ0) is 8.60. The maximum absolute atomic E-state index is 11.4. The highest BCUT2D eigenvalue weighted by atomic mass is 16.5. The number of hydrogen-bond donors (Lipinski definition) is 0. The molecular formula is C10H14O2. The number of rotatable bonds is 0. The molecule has 0 radical (unpaired) electrons. The molecule has 0 aromatic rings. The summed E-state index contributed by atoms with van der Waals surface area (Å²) in [6.45, 7) is 2.76. The minimum Gasteiger partial charge on any atom is -0.465 e. The Morgan fingerprint density at radius 1 is 1.50 bits per heavy atom. The van der Waals surface area contributed by atoms with Gasteiger partial charge in [0.05, 0.1) is 12.0 Å². The minimum atomic E-state index is -0.125. The van der Waals surface area contributed by atoms with Gasteiger partial charge in [0.25, 0.3) is 0 Å². The molecule has 66 valence electrons. The SMILES string of the molecule is CC1=CCC2(CCOC2=O)CC1. The molecule has 12 heavy (non-hydrogen) atoms. The first-order chi connectivity index (χ1) is 5.73. The summed E-state index contributed by atoms with van der Waals surface area (Å²) < 4.78 is 5.01. The monoisotopic (exact) mass is 166 g/mol. The molecule has 0 amide bonds. The van der Waals surface area contributed by atoms with Crippen LogP contribution < -0.4 is 0 Å². The van der Waals surface area contributed by atoms with Crippen LogP contribution in [0.2, 0.25) is 0 Å². The highest BCUT2D eigenvalue weighted by molar-refractivity contribution is 5.79. The molecule has 1 fully saturated rings. The predicted octanol–water partition coefficient (Wildman–Crippen LogP) is 2.05. The molecular weight excluding hydrogens is 152 g/mol. The van der Waals surface area contributed by atoms with E-state index in [-0.39, 0.29) is 11.4 Å². The number of esters is 1. The van der Waals surface area contributed by atoms with Crippen molar-refractivity contribution in [2.45, 2.75) is 32.6 Å². The summed E-state index contributed by atoms with van der Waals surface area (Å²) in [5, 5.41) is 0.